The normalized spacial score (nSPS) is 10.8. The molecule has 0 aliphatic carbocycles. The summed E-state index contributed by atoms with van der Waals surface area (Å²) in [5.41, 5.74) is 2.37. The van der Waals surface area contributed by atoms with Gasteiger partial charge in [0.2, 0.25) is 11.7 Å². The molecule has 5 nitrogen and oxygen atoms in total. The fraction of sp³-hybridized carbons (Fsp3) is 0.125. The molecule has 0 N–H and O–H groups in total. The Morgan fingerprint density at radius 3 is 2.42 bits per heavy atom. The van der Waals surface area contributed by atoms with Gasteiger partial charge in [-0.2, -0.15) is 4.98 Å². The Kier molecular flexibility index (Phi) is 6.79. The summed E-state index contributed by atoms with van der Waals surface area (Å²) in [5, 5.41) is 4.50. The SMILES string of the molecule is O=C(c1ccccc1Cl)N(CCc1nc(-c2ccc(Br)cc2)no1)Cc1ccccc1. The maximum absolute atomic E-state index is 13.2. The average molecular weight is 497 g/mol. The van der Waals surface area contributed by atoms with Gasteiger partial charge in [0.05, 0.1) is 10.6 Å². The van der Waals surface area contributed by atoms with Crippen LogP contribution < -0.4 is 0 Å². The summed E-state index contributed by atoms with van der Waals surface area (Å²) in [6.45, 7) is 0.875. The predicted molar refractivity (Wildman–Crippen MR) is 124 cm³/mol. The monoisotopic (exact) mass is 495 g/mol. The molecule has 31 heavy (non-hydrogen) atoms. The van der Waals surface area contributed by atoms with Crippen LogP contribution in [0.25, 0.3) is 11.4 Å². The zero-order valence-corrected chi connectivity index (χ0v) is 18.9. The molecule has 0 aliphatic heterocycles. The molecule has 3 aromatic carbocycles. The zero-order chi connectivity index (χ0) is 21.6. The van der Waals surface area contributed by atoms with E-state index in [-0.39, 0.29) is 5.91 Å². The van der Waals surface area contributed by atoms with Crippen molar-refractivity contribution in [3.05, 3.63) is 105 Å². The van der Waals surface area contributed by atoms with Crippen molar-refractivity contribution >= 4 is 33.4 Å². The first-order valence-electron chi connectivity index (χ1n) is 9.76. The number of nitrogens with zero attached hydrogens (tertiary/aromatic N) is 3. The number of hydrogen-bond acceptors (Lipinski definition) is 4. The number of rotatable bonds is 7. The Balaban J connectivity index is 1.51. The van der Waals surface area contributed by atoms with E-state index >= 15 is 0 Å². The lowest BCUT2D eigenvalue weighted by Crippen LogP contribution is -2.32. The Labute approximate surface area is 193 Å². The fourth-order valence-electron chi connectivity index (χ4n) is 3.16. The lowest BCUT2D eigenvalue weighted by molar-refractivity contribution is 0.0742. The number of hydrogen-bond donors (Lipinski definition) is 0. The van der Waals surface area contributed by atoms with Crippen molar-refractivity contribution in [2.24, 2.45) is 0 Å². The van der Waals surface area contributed by atoms with Gasteiger partial charge in [0.1, 0.15) is 0 Å². The van der Waals surface area contributed by atoms with Gasteiger partial charge in [-0.05, 0) is 42.0 Å². The predicted octanol–water partition coefficient (Wildman–Crippen LogP) is 6.04. The van der Waals surface area contributed by atoms with Crippen LogP contribution in [0.2, 0.25) is 5.02 Å². The first-order valence-corrected chi connectivity index (χ1v) is 10.9. The van der Waals surface area contributed by atoms with Crippen molar-refractivity contribution in [1.82, 2.24) is 15.0 Å². The van der Waals surface area contributed by atoms with Gasteiger partial charge >= 0.3 is 0 Å². The molecule has 0 fully saturated rings. The molecule has 0 aliphatic rings. The molecule has 1 aromatic heterocycles. The van der Waals surface area contributed by atoms with Gasteiger partial charge in [0, 0.05) is 29.5 Å². The van der Waals surface area contributed by atoms with Crippen LogP contribution in [0.5, 0.6) is 0 Å². The number of amides is 1. The van der Waals surface area contributed by atoms with Crippen LogP contribution >= 0.6 is 27.5 Å². The largest absolute Gasteiger partial charge is 0.339 e. The van der Waals surface area contributed by atoms with Crippen LogP contribution in [0.15, 0.2) is 87.9 Å². The molecular weight excluding hydrogens is 478 g/mol. The third kappa shape index (κ3) is 5.40. The lowest BCUT2D eigenvalue weighted by atomic mass is 10.1. The molecule has 0 unspecified atom stereocenters. The average Bonchev–Trinajstić information content (AvgIpc) is 3.27. The minimum absolute atomic E-state index is 0.137. The molecule has 1 heterocycles. The second-order valence-electron chi connectivity index (χ2n) is 6.96. The molecule has 0 spiro atoms. The number of carbonyl (C=O) groups excluding carboxylic acids is 1. The van der Waals surface area contributed by atoms with E-state index in [1.165, 1.54) is 0 Å². The quantitative estimate of drug-likeness (QED) is 0.313. The number of halogens is 2. The van der Waals surface area contributed by atoms with Crippen LogP contribution in [0.3, 0.4) is 0 Å². The van der Waals surface area contributed by atoms with E-state index in [1.807, 2.05) is 66.7 Å². The first-order chi connectivity index (χ1) is 15.1. The van der Waals surface area contributed by atoms with Crippen LogP contribution in [-0.4, -0.2) is 27.5 Å². The Morgan fingerprint density at radius 2 is 1.68 bits per heavy atom. The molecule has 0 saturated heterocycles. The second kappa shape index (κ2) is 9.90. The zero-order valence-electron chi connectivity index (χ0n) is 16.5. The molecule has 0 saturated carbocycles. The van der Waals surface area contributed by atoms with E-state index in [0.29, 0.717) is 41.8 Å². The fourth-order valence-corrected chi connectivity index (χ4v) is 3.65. The van der Waals surface area contributed by atoms with Crippen molar-refractivity contribution in [2.45, 2.75) is 13.0 Å². The van der Waals surface area contributed by atoms with E-state index in [2.05, 4.69) is 26.1 Å². The lowest BCUT2D eigenvalue weighted by Gasteiger charge is -2.23. The van der Waals surface area contributed by atoms with Gasteiger partial charge in [0.25, 0.3) is 5.91 Å². The molecule has 0 atom stereocenters. The smallest absolute Gasteiger partial charge is 0.255 e. The Hall–Kier alpha value is -2.96. The summed E-state index contributed by atoms with van der Waals surface area (Å²) in [5.74, 6) is 0.861. The van der Waals surface area contributed by atoms with Crippen LogP contribution in [-0.2, 0) is 13.0 Å². The maximum atomic E-state index is 13.2. The van der Waals surface area contributed by atoms with Crippen LogP contribution in [0, 0.1) is 0 Å². The highest BCUT2D eigenvalue weighted by Gasteiger charge is 2.20. The molecule has 156 valence electrons. The summed E-state index contributed by atoms with van der Waals surface area (Å²) in [4.78, 5) is 19.5. The summed E-state index contributed by atoms with van der Waals surface area (Å²) in [6.07, 6.45) is 0.437. The highest BCUT2D eigenvalue weighted by Crippen LogP contribution is 2.21. The molecule has 1 amide bonds. The number of benzene rings is 3. The maximum Gasteiger partial charge on any atom is 0.255 e. The number of aromatic nitrogens is 2. The van der Waals surface area contributed by atoms with Gasteiger partial charge in [-0.25, -0.2) is 0 Å². The van der Waals surface area contributed by atoms with E-state index in [0.717, 1.165) is 15.6 Å². The third-order valence-electron chi connectivity index (χ3n) is 4.77. The van der Waals surface area contributed by atoms with Crippen molar-refractivity contribution < 1.29 is 9.32 Å². The van der Waals surface area contributed by atoms with Crippen molar-refractivity contribution in [3.63, 3.8) is 0 Å². The molecule has 0 radical (unpaired) electrons. The van der Waals surface area contributed by atoms with Crippen LogP contribution in [0.4, 0.5) is 0 Å². The number of carbonyl (C=O) groups is 1. The molecular formula is C24H19BrClN3O2. The molecule has 7 heteroatoms. The van der Waals surface area contributed by atoms with Gasteiger partial charge in [-0.15, -0.1) is 0 Å². The minimum atomic E-state index is -0.137. The van der Waals surface area contributed by atoms with Crippen molar-refractivity contribution in [1.29, 1.82) is 0 Å². The molecule has 4 aromatic rings. The summed E-state index contributed by atoms with van der Waals surface area (Å²) in [6, 6.07) is 24.6. The first kappa shape index (κ1) is 21.3. The van der Waals surface area contributed by atoms with E-state index < -0.39 is 0 Å². The molecule has 0 bridgehead atoms. The van der Waals surface area contributed by atoms with Gasteiger partial charge in [0.15, 0.2) is 0 Å². The molecule has 4 rings (SSSR count). The van der Waals surface area contributed by atoms with Gasteiger partial charge < -0.3 is 9.42 Å². The van der Waals surface area contributed by atoms with E-state index in [4.69, 9.17) is 16.1 Å². The highest BCUT2D eigenvalue weighted by atomic mass is 79.9. The van der Waals surface area contributed by atoms with E-state index in [1.54, 1.807) is 17.0 Å². The highest BCUT2D eigenvalue weighted by molar-refractivity contribution is 9.10. The minimum Gasteiger partial charge on any atom is -0.339 e. The van der Waals surface area contributed by atoms with Gasteiger partial charge in [-0.1, -0.05) is 75.2 Å². The Morgan fingerprint density at radius 1 is 0.968 bits per heavy atom. The van der Waals surface area contributed by atoms with E-state index in [9.17, 15) is 4.79 Å². The second-order valence-corrected chi connectivity index (χ2v) is 8.28. The summed E-state index contributed by atoms with van der Waals surface area (Å²) >= 11 is 9.69. The topological polar surface area (TPSA) is 59.2 Å². The summed E-state index contributed by atoms with van der Waals surface area (Å²) in [7, 11) is 0. The van der Waals surface area contributed by atoms with Crippen LogP contribution in [0.1, 0.15) is 21.8 Å². The third-order valence-corrected chi connectivity index (χ3v) is 5.63. The standard InChI is InChI=1S/C24H19BrClN3O2/c25-19-12-10-18(11-13-19)23-27-22(31-28-23)14-15-29(16-17-6-2-1-3-7-17)24(30)20-8-4-5-9-21(20)26/h1-13H,14-16H2. The van der Waals surface area contributed by atoms with Crippen molar-refractivity contribution in [2.75, 3.05) is 6.54 Å². The van der Waals surface area contributed by atoms with Crippen molar-refractivity contribution in [3.8, 4) is 11.4 Å². The van der Waals surface area contributed by atoms with Gasteiger partial charge in [-0.3, -0.25) is 4.79 Å². The Bertz CT molecular complexity index is 1160. The summed E-state index contributed by atoms with van der Waals surface area (Å²) < 4.78 is 6.40.